The Morgan fingerprint density at radius 3 is 2.50 bits per heavy atom. The number of halogens is 1. The van der Waals surface area contributed by atoms with Gasteiger partial charge in [0, 0.05) is 16.2 Å². The number of nitrogens with zero attached hydrogens (tertiary/aromatic N) is 2. The summed E-state index contributed by atoms with van der Waals surface area (Å²) in [6.45, 7) is 4.57. The quantitative estimate of drug-likeness (QED) is 0.634. The van der Waals surface area contributed by atoms with Crippen molar-refractivity contribution in [2.24, 2.45) is 0 Å². The van der Waals surface area contributed by atoms with E-state index in [1.54, 1.807) is 35.1 Å². The molecule has 3 aromatic rings. The first-order chi connectivity index (χ1) is 12.5. The number of aromatic nitrogens is 2. The van der Waals surface area contributed by atoms with Crippen molar-refractivity contribution in [2.75, 3.05) is 5.32 Å². The van der Waals surface area contributed by atoms with Crippen LogP contribution >= 0.6 is 15.9 Å². The Labute approximate surface area is 161 Å². The first-order valence-electron chi connectivity index (χ1n) is 8.34. The van der Waals surface area contributed by atoms with Crippen molar-refractivity contribution < 1.29 is 9.53 Å². The zero-order valence-electron chi connectivity index (χ0n) is 14.6. The van der Waals surface area contributed by atoms with Crippen molar-refractivity contribution in [3.63, 3.8) is 0 Å². The predicted molar refractivity (Wildman–Crippen MR) is 106 cm³/mol. The van der Waals surface area contributed by atoms with Gasteiger partial charge in [0.25, 0.3) is 5.91 Å². The lowest BCUT2D eigenvalue weighted by Crippen LogP contribution is -2.11. The van der Waals surface area contributed by atoms with Gasteiger partial charge in [-0.05, 0) is 55.8 Å². The van der Waals surface area contributed by atoms with E-state index in [2.05, 4.69) is 26.3 Å². The fourth-order valence-corrected chi connectivity index (χ4v) is 2.72. The number of nitrogens with one attached hydrogen (secondary N) is 1. The third-order valence-corrected chi connectivity index (χ3v) is 4.17. The van der Waals surface area contributed by atoms with E-state index in [9.17, 15) is 4.79 Å². The molecule has 0 bridgehead atoms. The molecule has 0 spiro atoms. The average Bonchev–Trinajstić information content (AvgIpc) is 3.04. The van der Waals surface area contributed by atoms with Crippen LogP contribution in [0.15, 0.2) is 65.4 Å². The zero-order chi connectivity index (χ0) is 18.5. The van der Waals surface area contributed by atoms with Crippen LogP contribution in [0.25, 0.3) is 0 Å². The van der Waals surface area contributed by atoms with Gasteiger partial charge in [0.2, 0.25) is 0 Å². The second kappa shape index (κ2) is 8.19. The van der Waals surface area contributed by atoms with Crippen molar-refractivity contribution in [1.29, 1.82) is 0 Å². The molecule has 0 aliphatic rings. The lowest BCUT2D eigenvalue weighted by molar-refractivity contribution is 0.102. The van der Waals surface area contributed by atoms with Crippen LogP contribution in [0.5, 0.6) is 5.75 Å². The molecule has 0 saturated carbocycles. The fourth-order valence-electron chi connectivity index (χ4n) is 2.45. The van der Waals surface area contributed by atoms with Gasteiger partial charge in [-0.3, -0.25) is 9.48 Å². The number of hydrogen-bond acceptors (Lipinski definition) is 3. The second-order valence-corrected chi connectivity index (χ2v) is 7.11. The number of amides is 1. The molecule has 1 aromatic heterocycles. The molecule has 0 aliphatic carbocycles. The third-order valence-electron chi connectivity index (χ3n) is 3.64. The third kappa shape index (κ3) is 4.95. The number of benzene rings is 2. The Bertz CT molecular complexity index is 871. The Morgan fingerprint density at radius 2 is 1.85 bits per heavy atom. The largest absolute Gasteiger partial charge is 0.491 e. The molecule has 0 saturated heterocycles. The molecule has 6 heteroatoms. The summed E-state index contributed by atoms with van der Waals surface area (Å²) in [4.78, 5) is 12.4. The zero-order valence-corrected chi connectivity index (χ0v) is 16.2. The van der Waals surface area contributed by atoms with Crippen LogP contribution in [-0.4, -0.2) is 21.8 Å². The smallest absolute Gasteiger partial charge is 0.255 e. The molecule has 0 radical (unpaired) electrons. The maximum Gasteiger partial charge on any atom is 0.255 e. The van der Waals surface area contributed by atoms with Gasteiger partial charge in [-0.2, -0.15) is 5.10 Å². The number of rotatable bonds is 6. The second-order valence-electron chi connectivity index (χ2n) is 6.20. The lowest BCUT2D eigenvalue weighted by Gasteiger charge is -2.10. The van der Waals surface area contributed by atoms with Crippen LogP contribution in [-0.2, 0) is 6.54 Å². The maximum atomic E-state index is 12.4. The highest BCUT2D eigenvalue weighted by atomic mass is 79.9. The number of ether oxygens (including phenoxy) is 1. The summed E-state index contributed by atoms with van der Waals surface area (Å²) in [5.74, 6) is 0.572. The van der Waals surface area contributed by atoms with Crippen molar-refractivity contribution >= 4 is 27.5 Å². The summed E-state index contributed by atoms with van der Waals surface area (Å²) >= 11 is 3.42. The van der Waals surface area contributed by atoms with Gasteiger partial charge in [0.15, 0.2) is 0 Å². The van der Waals surface area contributed by atoms with Crippen LogP contribution < -0.4 is 10.1 Å². The summed E-state index contributed by atoms with van der Waals surface area (Å²) in [7, 11) is 0. The van der Waals surface area contributed by atoms with Crippen LogP contribution in [0, 0.1) is 0 Å². The maximum absolute atomic E-state index is 12.4. The summed E-state index contributed by atoms with van der Waals surface area (Å²) < 4.78 is 8.42. The Balaban J connectivity index is 1.61. The Kier molecular flexibility index (Phi) is 5.73. The normalized spacial score (nSPS) is 10.8. The summed E-state index contributed by atoms with van der Waals surface area (Å²) in [6, 6.07) is 15.1. The van der Waals surface area contributed by atoms with E-state index in [1.807, 2.05) is 44.3 Å². The molecule has 3 rings (SSSR count). The standard InChI is InChI=1S/C20H20BrN3O2/c1-14(2)26-19-9-5-16(6-10-19)20(25)23-18-11-22-24(13-18)12-15-3-7-17(21)8-4-15/h3-11,13-14H,12H2,1-2H3,(H,23,25). The predicted octanol–water partition coefficient (Wildman–Crippen LogP) is 4.73. The van der Waals surface area contributed by atoms with Gasteiger partial charge in [-0.15, -0.1) is 0 Å². The van der Waals surface area contributed by atoms with Crippen molar-refractivity contribution in [3.8, 4) is 5.75 Å². The van der Waals surface area contributed by atoms with E-state index in [0.29, 0.717) is 17.8 Å². The van der Waals surface area contributed by atoms with Crippen molar-refractivity contribution in [2.45, 2.75) is 26.5 Å². The lowest BCUT2D eigenvalue weighted by atomic mass is 10.2. The highest BCUT2D eigenvalue weighted by Crippen LogP contribution is 2.16. The van der Waals surface area contributed by atoms with Crippen molar-refractivity contribution in [3.05, 3.63) is 76.5 Å². The highest BCUT2D eigenvalue weighted by molar-refractivity contribution is 9.10. The molecule has 0 atom stereocenters. The molecular formula is C20H20BrN3O2. The van der Waals surface area contributed by atoms with Gasteiger partial charge in [0.05, 0.1) is 24.5 Å². The Morgan fingerprint density at radius 1 is 1.15 bits per heavy atom. The van der Waals surface area contributed by atoms with Gasteiger partial charge < -0.3 is 10.1 Å². The minimum absolute atomic E-state index is 0.103. The van der Waals surface area contributed by atoms with Gasteiger partial charge in [0.1, 0.15) is 5.75 Å². The van der Waals surface area contributed by atoms with E-state index in [0.717, 1.165) is 15.8 Å². The molecular weight excluding hydrogens is 394 g/mol. The number of anilines is 1. The van der Waals surface area contributed by atoms with E-state index < -0.39 is 0 Å². The van der Waals surface area contributed by atoms with E-state index in [1.165, 1.54) is 0 Å². The summed E-state index contributed by atoms with van der Waals surface area (Å²) in [6.07, 6.45) is 3.56. The molecule has 0 aliphatic heterocycles. The SMILES string of the molecule is CC(C)Oc1ccc(C(=O)Nc2cnn(Cc3ccc(Br)cc3)c2)cc1. The van der Waals surface area contributed by atoms with E-state index in [4.69, 9.17) is 4.74 Å². The highest BCUT2D eigenvalue weighted by Gasteiger charge is 2.08. The summed E-state index contributed by atoms with van der Waals surface area (Å²) in [5.41, 5.74) is 2.37. The first kappa shape index (κ1) is 18.2. The number of carbonyl (C=O) groups excluding carboxylic acids is 1. The fraction of sp³-hybridized carbons (Fsp3) is 0.200. The monoisotopic (exact) mass is 413 g/mol. The Hall–Kier alpha value is -2.60. The molecule has 1 amide bonds. The molecule has 0 unspecified atom stereocenters. The molecule has 26 heavy (non-hydrogen) atoms. The first-order valence-corrected chi connectivity index (χ1v) is 9.14. The molecule has 1 N–H and O–H groups in total. The number of hydrogen-bond donors (Lipinski definition) is 1. The van der Waals surface area contributed by atoms with Crippen molar-refractivity contribution in [1.82, 2.24) is 9.78 Å². The van der Waals surface area contributed by atoms with E-state index >= 15 is 0 Å². The molecule has 5 nitrogen and oxygen atoms in total. The van der Waals surface area contributed by atoms with Crippen LogP contribution in [0.1, 0.15) is 29.8 Å². The number of carbonyl (C=O) groups is 1. The van der Waals surface area contributed by atoms with Crippen LogP contribution in [0.2, 0.25) is 0 Å². The van der Waals surface area contributed by atoms with E-state index in [-0.39, 0.29) is 12.0 Å². The molecule has 134 valence electrons. The minimum Gasteiger partial charge on any atom is -0.491 e. The van der Waals surface area contributed by atoms with Gasteiger partial charge >= 0.3 is 0 Å². The summed E-state index contributed by atoms with van der Waals surface area (Å²) in [5, 5.41) is 7.16. The van der Waals surface area contributed by atoms with Gasteiger partial charge in [-0.1, -0.05) is 28.1 Å². The molecule has 0 fully saturated rings. The van der Waals surface area contributed by atoms with Gasteiger partial charge in [-0.25, -0.2) is 0 Å². The minimum atomic E-state index is -0.177. The topological polar surface area (TPSA) is 56.1 Å². The van der Waals surface area contributed by atoms with Crippen LogP contribution in [0.3, 0.4) is 0 Å². The average molecular weight is 414 g/mol. The molecule has 1 heterocycles. The van der Waals surface area contributed by atoms with Crippen LogP contribution in [0.4, 0.5) is 5.69 Å². The molecule has 2 aromatic carbocycles.